The number of benzene rings is 2. The molecular weight excluding hydrogens is 404 g/mol. The average molecular weight is 421 g/mol. The number of aryl methyl sites for hydroxylation is 1. The van der Waals surface area contributed by atoms with Gasteiger partial charge in [0.25, 0.3) is 0 Å². The Morgan fingerprint density at radius 2 is 1.85 bits per heavy atom. The molecule has 0 amide bonds. The van der Waals surface area contributed by atoms with Crippen LogP contribution >= 0.6 is 15.9 Å². The van der Waals surface area contributed by atoms with E-state index in [0.29, 0.717) is 18.1 Å². The van der Waals surface area contributed by atoms with Gasteiger partial charge in [0.15, 0.2) is 5.65 Å². The zero-order valence-electron chi connectivity index (χ0n) is 14.7. The zero-order valence-corrected chi connectivity index (χ0v) is 16.3. The van der Waals surface area contributed by atoms with Crippen molar-refractivity contribution in [2.45, 2.75) is 13.5 Å². The number of pyridine rings is 1. The minimum atomic E-state index is 0.515. The zero-order chi connectivity index (χ0) is 18.6. The minimum absolute atomic E-state index is 0.515. The Morgan fingerprint density at radius 1 is 1.00 bits per heavy atom. The number of fused-ring (bicyclic) bond motifs is 1. The van der Waals surface area contributed by atoms with Gasteiger partial charge in [0.2, 0.25) is 0 Å². The number of aromatic nitrogens is 3. The van der Waals surface area contributed by atoms with Crippen molar-refractivity contribution in [3.63, 3.8) is 0 Å². The van der Waals surface area contributed by atoms with Gasteiger partial charge in [0.05, 0.1) is 11.1 Å². The molecule has 0 aliphatic heterocycles. The van der Waals surface area contributed by atoms with Crippen molar-refractivity contribution in [1.82, 2.24) is 15.0 Å². The van der Waals surface area contributed by atoms with Crippen molar-refractivity contribution in [1.29, 1.82) is 0 Å². The maximum atomic E-state index is 5.92. The highest BCUT2D eigenvalue weighted by molar-refractivity contribution is 9.10. The smallest absolute Gasteiger partial charge is 0.164 e. The van der Waals surface area contributed by atoms with Crippen LogP contribution in [0.3, 0.4) is 0 Å². The number of nitrogens with zero attached hydrogens (tertiary/aromatic N) is 3. The van der Waals surface area contributed by atoms with Crippen LogP contribution in [0.2, 0.25) is 0 Å². The summed E-state index contributed by atoms with van der Waals surface area (Å²) in [5.74, 6) is 1.48. The van der Waals surface area contributed by atoms with E-state index in [1.54, 1.807) is 0 Å². The largest absolute Gasteiger partial charge is 0.489 e. The van der Waals surface area contributed by atoms with Gasteiger partial charge in [-0.25, -0.2) is 15.0 Å². The third-order valence-corrected chi connectivity index (χ3v) is 4.77. The Hall–Kier alpha value is -2.99. The maximum Gasteiger partial charge on any atom is 0.164 e. The standard InChI is InChI=1S/C21H17BrN4O/c1-14-7-9-17-20(25-14)23-13-24-21(17)26-19-11-16(8-10-18(19)22)27-12-15-5-3-2-4-6-15/h2-11,13H,12H2,1H3,(H,23,24,25,26). The van der Waals surface area contributed by atoms with Gasteiger partial charge in [-0.15, -0.1) is 0 Å². The quantitative estimate of drug-likeness (QED) is 0.467. The van der Waals surface area contributed by atoms with E-state index in [0.717, 1.165) is 32.6 Å². The predicted molar refractivity (Wildman–Crippen MR) is 110 cm³/mol. The lowest BCUT2D eigenvalue weighted by Crippen LogP contribution is -2.00. The van der Waals surface area contributed by atoms with Crippen LogP contribution in [-0.4, -0.2) is 15.0 Å². The highest BCUT2D eigenvalue weighted by Gasteiger charge is 2.09. The molecule has 2 heterocycles. The van der Waals surface area contributed by atoms with Crippen LogP contribution in [-0.2, 0) is 6.61 Å². The molecule has 0 aliphatic rings. The fourth-order valence-electron chi connectivity index (χ4n) is 2.70. The van der Waals surface area contributed by atoms with Gasteiger partial charge < -0.3 is 10.1 Å². The molecule has 6 heteroatoms. The van der Waals surface area contributed by atoms with Crippen molar-refractivity contribution < 1.29 is 4.74 Å². The molecule has 0 unspecified atom stereocenters. The molecule has 0 saturated heterocycles. The lowest BCUT2D eigenvalue weighted by molar-refractivity contribution is 0.306. The van der Waals surface area contributed by atoms with E-state index in [9.17, 15) is 0 Å². The van der Waals surface area contributed by atoms with Crippen molar-refractivity contribution in [3.8, 4) is 5.75 Å². The Kier molecular flexibility index (Phi) is 4.98. The molecule has 4 aromatic rings. The number of hydrogen-bond acceptors (Lipinski definition) is 5. The summed E-state index contributed by atoms with van der Waals surface area (Å²) in [7, 11) is 0. The summed E-state index contributed by atoms with van der Waals surface area (Å²) < 4.78 is 6.84. The number of anilines is 2. The monoisotopic (exact) mass is 420 g/mol. The Balaban J connectivity index is 1.59. The van der Waals surface area contributed by atoms with Crippen LogP contribution < -0.4 is 10.1 Å². The number of halogens is 1. The number of nitrogens with one attached hydrogen (secondary N) is 1. The topological polar surface area (TPSA) is 59.9 Å². The molecule has 0 bridgehead atoms. The predicted octanol–water partition coefficient (Wildman–Crippen LogP) is 5.42. The fourth-order valence-corrected chi connectivity index (χ4v) is 3.04. The minimum Gasteiger partial charge on any atom is -0.489 e. The highest BCUT2D eigenvalue weighted by atomic mass is 79.9. The molecule has 0 aliphatic carbocycles. The summed E-state index contributed by atoms with van der Waals surface area (Å²) in [4.78, 5) is 13.1. The van der Waals surface area contributed by atoms with Gasteiger partial charge in [-0.1, -0.05) is 30.3 Å². The average Bonchev–Trinajstić information content (AvgIpc) is 2.69. The molecule has 0 atom stereocenters. The molecule has 0 radical (unpaired) electrons. The number of hydrogen-bond donors (Lipinski definition) is 1. The summed E-state index contributed by atoms with van der Waals surface area (Å²) in [5.41, 5.74) is 3.57. The molecule has 0 fully saturated rings. The highest BCUT2D eigenvalue weighted by Crippen LogP contribution is 2.31. The van der Waals surface area contributed by atoms with E-state index >= 15 is 0 Å². The molecular formula is C21H17BrN4O. The summed E-state index contributed by atoms with van der Waals surface area (Å²) >= 11 is 3.58. The Morgan fingerprint density at radius 3 is 2.70 bits per heavy atom. The second kappa shape index (κ2) is 7.72. The summed E-state index contributed by atoms with van der Waals surface area (Å²) in [5, 5.41) is 4.22. The number of rotatable bonds is 5. The van der Waals surface area contributed by atoms with Crippen LogP contribution in [0.4, 0.5) is 11.5 Å². The molecule has 0 spiro atoms. The van der Waals surface area contributed by atoms with Crippen molar-refractivity contribution in [2.75, 3.05) is 5.32 Å². The first kappa shape index (κ1) is 17.4. The second-order valence-electron chi connectivity index (χ2n) is 6.09. The Bertz CT molecular complexity index is 1090. The van der Waals surface area contributed by atoms with Gasteiger partial charge in [0, 0.05) is 16.2 Å². The molecule has 2 aromatic carbocycles. The summed E-state index contributed by atoms with van der Waals surface area (Å²) in [6, 6.07) is 19.8. The normalized spacial score (nSPS) is 10.7. The lowest BCUT2D eigenvalue weighted by Gasteiger charge is -2.12. The lowest BCUT2D eigenvalue weighted by atomic mass is 10.2. The Labute approximate surface area is 165 Å². The van der Waals surface area contributed by atoms with Crippen LogP contribution in [0, 0.1) is 6.92 Å². The molecule has 1 N–H and O–H groups in total. The third-order valence-electron chi connectivity index (χ3n) is 4.08. The SMILES string of the molecule is Cc1ccc2c(Nc3cc(OCc4ccccc4)ccc3Br)ncnc2n1. The molecule has 0 saturated carbocycles. The van der Waals surface area contributed by atoms with Crippen LogP contribution in [0.15, 0.2) is 71.5 Å². The van der Waals surface area contributed by atoms with Gasteiger partial charge in [-0.05, 0) is 52.7 Å². The van der Waals surface area contributed by atoms with E-state index in [-0.39, 0.29) is 0 Å². The molecule has 5 nitrogen and oxygen atoms in total. The first-order chi connectivity index (χ1) is 13.2. The van der Waals surface area contributed by atoms with E-state index in [1.165, 1.54) is 6.33 Å². The first-order valence-corrected chi connectivity index (χ1v) is 9.30. The summed E-state index contributed by atoms with van der Waals surface area (Å²) in [6.45, 7) is 2.46. The van der Waals surface area contributed by atoms with E-state index in [2.05, 4.69) is 36.2 Å². The van der Waals surface area contributed by atoms with Gasteiger partial charge in [-0.3, -0.25) is 0 Å². The van der Waals surface area contributed by atoms with Gasteiger partial charge in [-0.2, -0.15) is 0 Å². The van der Waals surface area contributed by atoms with Crippen molar-refractivity contribution in [3.05, 3.63) is 82.7 Å². The van der Waals surface area contributed by atoms with Crippen molar-refractivity contribution in [2.24, 2.45) is 0 Å². The van der Waals surface area contributed by atoms with Crippen LogP contribution in [0.25, 0.3) is 11.0 Å². The summed E-state index contributed by atoms with van der Waals surface area (Å²) in [6.07, 6.45) is 1.51. The maximum absolute atomic E-state index is 5.92. The van der Waals surface area contributed by atoms with E-state index in [4.69, 9.17) is 4.74 Å². The fraction of sp³-hybridized carbons (Fsp3) is 0.0952. The molecule has 2 aromatic heterocycles. The van der Waals surface area contributed by atoms with Crippen LogP contribution in [0.5, 0.6) is 5.75 Å². The second-order valence-corrected chi connectivity index (χ2v) is 6.94. The van der Waals surface area contributed by atoms with Gasteiger partial charge >= 0.3 is 0 Å². The molecule has 134 valence electrons. The van der Waals surface area contributed by atoms with E-state index in [1.807, 2.05) is 67.6 Å². The number of ether oxygens (including phenoxy) is 1. The van der Waals surface area contributed by atoms with E-state index < -0.39 is 0 Å². The van der Waals surface area contributed by atoms with Crippen molar-refractivity contribution >= 4 is 38.5 Å². The first-order valence-electron chi connectivity index (χ1n) is 8.51. The van der Waals surface area contributed by atoms with Crippen LogP contribution in [0.1, 0.15) is 11.3 Å². The third kappa shape index (κ3) is 4.06. The van der Waals surface area contributed by atoms with Gasteiger partial charge in [0.1, 0.15) is 24.5 Å². The molecule has 4 rings (SSSR count). The molecule has 27 heavy (non-hydrogen) atoms.